The molecule has 0 aromatic heterocycles. The minimum absolute atomic E-state index is 0.682. The zero-order chi connectivity index (χ0) is 13.6. The quantitative estimate of drug-likeness (QED) is 0.447. The summed E-state index contributed by atoms with van der Waals surface area (Å²) in [6, 6.07) is 0. The fourth-order valence-electron chi connectivity index (χ4n) is 4.59. The van der Waals surface area contributed by atoms with Gasteiger partial charge in [-0.25, -0.2) is 0 Å². The van der Waals surface area contributed by atoms with Crippen LogP contribution in [0.4, 0.5) is 0 Å². The highest BCUT2D eigenvalue weighted by Crippen LogP contribution is 2.42. The van der Waals surface area contributed by atoms with Gasteiger partial charge in [0, 0.05) is 0 Å². The van der Waals surface area contributed by atoms with Crippen LogP contribution in [-0.4, -0.2) is 0 Å². The predicted molar refractivity (Wildman–Crippen MR) is 85.5 cm³/mol. The first-order valence-corrected chi connectivity index (χ1v) is 9.12. The molecule has 0 spiro atoms. The summed E-state index contributed by atoms with van der Waals surface area (Å²) in [7, 11) is 0. The molecular weight excluding hydrogens is 228 g/mol. The van der Waals surface area contributed by atoms with Crippen LogP contribution in [0.1, 0.15) is 110 Å². The predicted octanol–water partition coefficient (Wildman–Crippen LogP) is 6.88. The lowest BCUT2D eigenvalue weighted by Gasteiger charge is -2.35. The van der Waals surface area contributed by atoms with Gasteiger partial charge in [0.15, 0.2) is 0 Å². The Hall–Kier alpha value is 0. The maximum absolute atomic E-state index is 2.59. The number of rotatable bonds is 0. The third-order valence-corrected chi connectivity index (χ3v) is 6.18. The van der Waals surface area contributed by atoms with Crippen LogP contribution in [0.25, 0.3) is 0 Å². The lowest BCUT2D eigenvalue weighted by Crippen LogP contribution is -2.21. The van der Waals surface area contributed by atoms with Crippen LogP contribution in [0.2, 0.25) is 0 Å². The first-order chi connectivity index (χ1) is 9.12. The van der Waals surface area contributed by atoms with E-state index in [0.29, 0.717) is 10.8 Å². The summed E-state index contributed by atoms with van der Waals surface area (Å²) in [5.74, 6) is 0. The number of fused-ring (bicyclic) bond motifs is 12. The first kappa shape index (κ1) is 15.4. The van der Waals surface area contributed by atoms with Gasteiger partial charge in [-0.1, -0.05) is 71.6 Å². The van der Waals surface area contributed by atoms with Gasteiger partial charge in [0.25, 0.3) is 0 Å². The van der Waals surface area contributed by atoms with Gasteiger partial charge in [0.1, 0.15) is 0 Å². The monoisotopic (exact) mass is 264 g/mol. The highest BCUT2D eigenvalue weighted by molar-refractivity contribution is 4.80. The molecule has 3 fully saturated rings. The van der Waals surface area contributed by atoms with Crippen LogP contribution in [0.5, 0.6) is 0 Å². The first-order valence-electron chi connectivity index (χ1n) is 9.12. The van der Waals surface area contributed by atoms with E-state index in [1.54, 1.807) is 0 Å². The van der Waals surface area contributed by atoms with Crippen molar-refractivity contribution in [2.75, 3.05) is 0 Å². The van der Waals surface area contributed by atoms with Gasteiger partial charge < -0.3 is 0 Å². The molecular formula is C19H36. The van der Waals surface area contributed by atoms with E-state index in [2.05, 4.69) is 13.8 Å². The van der Waals surface area contributed by atoms with Crippen LogP contribution < -0.4 is 0 Å². The smallest absolute Gasteiger partial charge is 0.0326 e. The van der Waals surface area contributed by atoms with E-state index in [4.69, 9.17) is 0 Å². The maximum atomic E-state index is 2.59. The van der Waals surface area contributed by atoms with Crippen LogP contribution in [-0.2, 0) is 0 Å². The molecule has 3 saturated carbocycles. The molecule has 0 aromatic carbocycles. The van der Waals surface area contributed by atoms with Crippen molar-refractivity contribution in [1.29, 1.82) is 0 Å². The minimum Gasteiger partial charge on any atom is -0.0596 e. The van der Waals surface area contributed by atoms with Crippen LogP contribution >= 0.6 is 0 Å². The fraction of sp³-hybridized carbons (Fsp3) is 1.00. The van der Waals surface area contributed by atoms with E-state index < -0.39 is 0 Å². The molecule has 0 saturated heterocycles. The van der Waals surface area contributed by atoms with Crippen molar-refractivity contribution >= 4 is 0 Å². The van der Waals surface area contributed by atoms with E-state index in [9.17, 15) is 0 Å². The molecule has 0 aromatic rings. The van der Waals surface area contributed by atoms with Crippen LogP contribution in [0.15, 0.2) is 0 Å². The van der Waals surface area contributed by atoms with Gasteiger partial charge in [-0.3, -0.25) is 0 Å². The molecule has 3 rings (SSSR count). The van der Waals surface area contributed by atoms with Crippen molar-refractivity contribution in [1.82, 2.24) is 0 Å². The summed E-state index contributed by atoms with van der Waals surface area (Å²) in [4.78, 5) is 0. The topological polar surface area (TPSA) is 0 Å². The molecule has 0 nitrogen and oxygen atoms in total. The molecule has 0 aliphatic heterocycles. The summed E-state index contributed by atoms with van der Waals surface area (Å²) in [5.41, 5.74) is 1.36. The minimum atomic E-state index is 0.682. The van der Waals surface area contributed by atoms with Gasteiger partial charge in [0.2, 0.25) is 0 Å². The lowest BCUT2D eigenvalue weighted by atomic mass is 9.71. The third kappa shape index (κ3) is 5.12. The largest absolute Gasteiger partial charge is 0.0596 e. The van der Waals surface area contributed by atoms with Crippen molar-refractivity contribution < 1.29 is 0 Å². The number of hydrogen-bond donors (Lipinski definition) is 0. The molecule has 0 unspecified atom stereocenters. The second kappa shape index (κ2) is 7.14. The van der Waals surface area contributed by atoms with Crippen LogP contribution in [0.3, 0.4) is 0 Å². The van der Waals surface area contributed by atoms with E-state index in [1.807, 2.05) is 0 Å². The highest BCUT2D eigenvalue weighted by atomic mass is 14.3. The highest BCUT2D eigenvalue weighted by Gasteiger charge is 2.27. The molecule has 0 heteroatoms. The zero-order valence-electron chi connectivity index (χ0n) is 13.6. The summed E-state index contributed by atoms with van der Waals surface area (Å²) >= 11 is 0. The van der Waals surface area contributed by atoms with E-state index in [1.165, 1.54) is 96.3 Å². The average molecular weight is 264 g/mol. The van der Waals surface area contributed by atoms with Crippen molar-refractivity contribution in [2.45, 2.75) is 110 Å². The number of hydrogen-bond acceptors (Lipinski definition) is 0. The molecule has 0 heterocycles. The van der Waals surface area contributed by atoms with E-state index in [0.717, 1.165) is 0 Å². The third-order valence-electron chi connectivity index (χ3n) is 6.18. The molecule has 2 bridgehead atoms. The normalized spacial score (nSPS) is 39.5. The van der Waals surface area contributed by atoms with Crippen molar-refractivity contribution in [3.05, 3.63) is 0 Å². The zero-order valence-corrected chi connectivity index (χ0v) is 13.6. The fourth-order valence-corrected chi connectivity index (χ4v) is 4.59. The molecule has 112 valence electrons. The van der Waals surface area contributed by atoms with Gasteiger partial charge in [-0.05, 0) is 49.4 Å². The summed E-state index contributed by atoms with van der Waals surface area (Å²) < 4.78 is 0. The van der Waals surface area contributed by atoms with Gasteiger partial charge in [-0.2, -0.15) is 0 Å². The van der Waals surface area contributed by atoms with Crippen molar-refractivity contribution in [3.63, 3.8) is 0 Å². The van der Waals surface area contributed by atoms with Gasteiger partial charge >= 0.3 is 0 Å². The molecule has 0 amide bonds. The maximum Gasteiger partial charge on any atom is -0.0326 e. The van der Waals surface area contributed by atoms with Gasteiger partial charge in [0.05, 0.1) is 0 Å². The van der Waals surface area contributed by atoms with Crippen LogP contribution in [0, 0.1) is 10.8 Å². The lowest BCUT2D eigenvalue weighted by molar-refractivity contribution is 0.179. The average Bonchev–Trinajstić information content (AvgIpc) is 2.35. The Bertz CT molecular complexity index is 190. The second-order valence-electron chi connectivity index (χ2n) is 8.30. The SMILES string of the molecule is CC12CCCCCC(C)(CCCCC1)CCCCC2. The molecule has 0 N–H and O–H groups in total. The van der Waals surface area contributed by atoms with Crippen molar-refractivity contribution in [2.24, 2.45) is 10.8 Å². The summed E-state index contributed by atoms with van der Waals surface area (Å²) in [5, 5.41) is 0. The Kier molecular flexibility index (Phi) is 5.78. The Balaban J connectivity index is 2.05. The Morgan fingerprint density at radius 2 is 0.579 bits per heavy atom. The van der Waals surface area contributed by atoms with E-state index >= 15 is 0 Å². The Morgan fingerprint density at radius 3 is 0.789 bits per heavy atom. The van der Waals surface area contributed by atoms with Gasteiger partial charge in [-0.15, -0.1) is 0 Å². The Morgan fingerprint density at radius 1 is 0.368 bits per heavy atom. The Labute approximate surface area is 121 Å². The summed E-state index contributed by atoms with van der Waals surface area (Å²) in [6.07, 6.45) is 22.5. The molecule has 3 aliphatic carbocycles. The summed E-state index contributed by atoms with van der Waals surface area (Å²) in [6.45, 7) is 5.18. The van der Waals surface area contributed by atoms with Crippen molar-refractivity contribution in [3.8, 4) is 0 Å². The molecule has 3 aliphatic rings. The molecule has 0 radical (unpaired) electrons. The second-order valence-corrected chi connectivity index (χ2v) is 8.30. The molecule has 19 heavy (non-hydrogen) atoms. The van der Waals surface area contributed by atoms with E-state index in [-0.39, 0.29) is 0 Å². The standard InChI is InChI=1S/C19H36/c1-18-12-6-3-9-15-19(2,16-10-4-7-13-18)17-11-5-8-14-18/h3-17H2,1-2H3. The molecule has 0 atom stereocenters.